The Balaban J connectivity index is 2.84. The van der Waals surface area contributed by atoms with Crippen LogP contribution in [0, 0.1) is 12.3 Å². The molecule has 1 aromatic heterocycles. The molecule has 1 atom stereocenters. The fourth-order valence-electron chi connectivity index (χ4n) is 1.41. The van der Waals surface area contributed by atoms with E-state index in [-0.39, 0.29) is 18.0 Å². The van der Waals surface area contributed by atoms with Gasteiger partial charge in [-0.1, -0.05) is 0 Å². The molecule has 0 aromatic carbocycles. The lowest BCUT2D eigenvalue weighted by atomic mass is 10.2. The number of rotatable bonds is 6. The molecule has 0 aliphatic heterocycles. The fraction of sp³-hybridized carbons (Fsp3) is 0.308. The Morgan fingerprint density at radius 1 is 1.58 bits per heavy atom. The number of pyridine rings is 1. The first-order valence-corrected chi connectivity index (χ1v) is 5.75. The number of carboxylic acids is 1. The van der Waals surface area contributed by atoms with Gasteiger partial charge in [-0.3, -0.25) is 9.78 Å². The van der Waals surface area contributed by atoms with Crippen LogP contribution in [0.25, 0.3) is 0 Å². The Bertz CT molecular complexity index is 508. The highest BCUT2D eigenvalue weighted by Crippen LogP contribution is 2.11. The molecule has 0 saturated heterocycles. The van der Waals surface area contributed by atoms with Crippen molar-refractivity contribution in [2.24, 2.45) is 0 Å². The van der Waals surface area contributed by atoms with Crippen molar-refractivity contribution in [3.05, 3.63) is 24.0 Å². The SMILES string of the molecule is C#CCC(Nc1ccnc(C(=O)NCC)c1)C(=O)O. The van der Waals surface area contributed by atoms with Crippen molar-refractivity contribution in [3.8, 4) is 12.3 Å². The zero-order valence-electron chi connectivity index (χ0n) is 10.5. The fourth-order valence-corrected chi connectivity index (χ4v) is 1.41. The van der Waals surface area contributed by atoms with E-state index in [1.807, 2.05) is 0 Å². The highest BCUT2D eigenvalue weighted by atomic mass is 16.4. The lowest BCUT2D eigenvalue weighted by Crippen LogP contribution is -2.29. The Labute approximate surface area is 111 Å². The van der Waals surface area contributed by atoms with Crippen LogP contribution in [0.5, 0.6) is 0 Å². The maximum Gasteiger partial charge on any atom is 0.327 e. The largest absolute Gasteiger partial charge is 0.480 e. The van der Waals surface area contributed by atoms with Gasteiger partial charge >= 0.3 is 5.97 Å². The number of carboxylic acid groups (broad SMARTS) is 1. The summed E-state index contributed by atoms with van der Waals surface area (Å²) in [5.41, 5.74) is 0.704. The quantitative estimate of drug-likeness (QED) is 0.656. The summed E-state index contributed by atoms with van der Waals surface area (Å²) in [4.78, 5) is 26.5. The zero-order chi connectivity index (χ0) is 14.3. The Morgan fingerprint density at radius 3 is 2.89 bits per heavy atom. The first-order valence-electron chi connectivity index (χ1n) is 5.75. The van der Waals surface area contributed by atoms with E-state index >= 15 is 0 Å². The molecule has 0 saturated carbocycles. The molecule has 0 bridgehead atoms. The van der Waals surface area contributed by atoms with Gasteiger partial charge in [0.05, 0.1) is 0 Å². The molecule has 6 nitrogen and oxygen atoms in total. The average Bonchev–Trinajstić information content (AvgIpc) is 2.39. The Kier molecular flexibility index (Phi) is 5.35. The van der Waals surface area contributed by atoms with Crippen LogP contribution in [-0.4, -0.2) is 34.6 Å². The van der Waals surface area contributed by atoms with E-state index in [2.05, 4.69) is 21.5 Å². The molecule has 1 amide bonds. The van der Waals surface area contributed by atoms with Crippen LogP contribution in [0.1, 0.15) is 23.8 Å². The van der Waals surface area contributed by atoms with Crippen molar-refractivity contribution in [1.82, 2.24) is 10.3 Å². The van der Waals surface area contributed by atoms with Crippen molar-refractivity contribution in [3.63, 3.8) is 0 Å². The van der Waals surface area contributed by atoms with Crippen LogP contribution >= 0.6 is 0 Å². The van der Waals surface area contributed by atoms with Crippen molar-refractivity contribution in [2.75, 3.05) is 11.9 Å². The molecule has 0 aliphatic rings. The second-order valence-electron chi connectivity index (χ2n) is 3.73. The summed E-state index contributed by atoms with van der Waals surface area (Å²) in [5, 5.41) is 14.3. The van der Waals surface area contributed by atoms with Crippen LogP contribution in [0.3, 0.4) is 0 Å². The van der Waals surface area contributed by atoms with E-state index in [1.54, 1.807) is 13.0 Å². The number of amides is 1. The Hall–Kier alpha value is -2.55. The highest BCUT2D eigenvalue weighted by Gasteiger charge is 2.16. The third-order valence-electron chi connectivity index (χ3n) is 2.29. The number of carbonyl (C=O) groups excluding carboxylic acids is 1. The van der Waals surface area contributed by atoms with Gasteiger partial charge in [0.2, 0.25) is 0 Å². The molecule has 1 unspecified atom stereocenters. The first kappa shape index (κ1) is 14.5. The minimum Gasteiger partial charge on any atom is -0.480 e. The summed E-state index contributed by atoms with van der Waals surface area (Å²) >= 11 is 0. The van der Waals surface area contributed by atoms with Crippen molar-refractivity contribution in [2.45, 2.75) is 19.4 Å². The minimum atomic E-state index is -1.05. The molecular formula is C13H15N3O3. The number of nitrogens with zero attached hydrogens (tertiary/aromatic N) is 1. The molecule has 19 heavy (non-hydrogen) atoms. The molecule has 100 valence electrons. The number of aromatic nitrogens is 1. The number of carbonyl (C=O) groups is 2. The Morgan fingerprint density at radius 2 is 2.32 bits per heavy atom. The van der Waals surface area contributed by atoms with Crippen molar-refractivity contribution in [1.29, 1.82) is 0 Å². The van der Waals surface area contributed by atoms with E-state index in [0.717, 1.165) is 0 Å². The standard InChI is InChI=1S/C13H15N3O3/c1-3-5-10(13(18)19)16-9-6-7-15-11(8-9)12(17)14-4-2/h1,6-8,10H,4-5H2,2H3,(H,14,17)(H,15,16)(H,18,19). The average molecular weight is 261 g/mol. The van der Waals surface area contributed by atoms with Crippen LogP contribution in [0.2, 0.25) is 0 Å². The molecule has 0 radical (unpaired) electrons. The van der Waals surface area contributed by atoms with Gasteiger partial charge in [0.15, 0.2) is 0 Å². The molecule has 3 N–H and O–H groups in total. The summed E-state index contributed by atoms with van der Waals surface area (Å²) in [6, 6.07) is 2.17. The van der Waals surface area contributed by atoms with Gasteiger partial charge in [-0.2, -0.15) is 0 Å². The summed E-state index contributed by atoms with van der Waals surface area (Å²) in [6.45, 7) is 2.29. The second kappa shape index (κ2) is 7.01. The van der Waals surface area contributed by atoms with Crippen LogP contribution in [0.4, 0.5) is 5.69 Å². The van der Waals surface area contributed by atoms with E-state index in [0.29, 0.717) is 12.2 Å². The topological polar surface area (TPSA) is 91.3 Å². The van der Waals surface area contributed by atoms with Gasteiger partial charge in [-0.25, -0.2) is 4.79 Å². The predicted octanol–water partition coefficient (Wildman–Crippen LogP) is 0.720. The molecule has 0 spiro atoms. The third kappa shape index (κ3) is 4.32. The monoisotopic (exact) mass is 261 g/mol. The van der Waals surface area contributed by atoms with Gasteiger partial charge in [-0.05, 0) is 19.1 Å². The number of terminal acetylenes is 1. The van der Waals surface area contributed by atoms with Gasteiger partial charge < -0.3 is 15.7 Å². The lowest BCUT2D eigenvalue weighted by molar-refractivity contribution is -0.137. The normalized spacial score (nSPS) is 11.2. The van der Waals surface area contributed by atoms with Crippen LogP contribution in [0.15, 0.2) is 18.3 Å². The summed E-state index contributed by atoms with van der Waals surface area (Å²) in [7, 11) is 0. The third-order valence-corrected chi connectivity index (χ3v) is 2.29. The van der Waals surface area contributed by atoms with Crippen LogP contribution < -0.4 is 10.6 Å². The van der Waals surface area contributed by atoms with Gasteiger partial charge in [0.25, 0.3) is 5.91 Å². The molecule has 1 rings (SSSR count). The maximum atomic E-state index is 11.6. The second-order valence-corrected chi connectivity index (χ2v) is 3.73. The lowest BCUT2D eigenvalue weighted by Gasteiger charge is -2.13. The van der Waals surface area contributed by atoms with Crippen molar-refractivity contribution < 1.29 is 14.7 Å². The number of aliphatic carboxylic acids is 1. The van der Waals surface area contributed by atoms with E-state index < -0.39 is 12.0 Å². The van der Waals surface area contributed by atoms with E-state index in [9.17, 15) is 9.59 Å². The van der Waals surface area contributed by atoms with Gasteiger partial charge in [-0.15, -0.1) is 12.3 Å². The number of hydrogen-bond acceptors (Lipinski definition) is 4. The first-order chi connectivity index (χ1) is 9.08. The molecule has 0 fully saturated rings. The van der Waals surface area contributed by atoms with Gasteiger partial charge in [0.1, 0.15) is 11.7 Å². The van der Waals surface area contributed by atoms with E-state index in [1.165, 1.54) is 12.3 Å². The van der Waals surface area contributed by atoms with Crippen LogP contribution in [-0.2, 0) is 4.79 Å². The minimum absolute atomic E-state index is 0.0497. The summed E-state index contributed by atoms with van der Waals surface area (Å²) < 4.78 is 0. The molecule has 1 aromatic rings. The smallest absolute Gasteiger partial charge is 0.327 e. The molecule has 0 aliphatic carbocycles. The summed E-state index contributed by atoms with van der Waals surface area (Å²) in [5.74, 6) is 0.932. The number of anilines is 1. The van der Waals surface area contributed by atoms with Crippen molar-refractivity contribution >= 4 is 17.6 Å². The number of hydrogen-bond donors (Lipinski definition) is 3. The predicted molar refractivity (Wildman–Crippen MR) is 70.7 cm³/mol. The highest BCUT2D eigenvalue weighted by molar-refractivity contribution is 5.93. The molecular weight excluding hydrogens is 246 g/mol. The molecule has 6 heteroatoms. The maximum absolute atomic E-state index is 11.6. The summed E-state index contributed by atoms with van der Waals surface area (Å²) in [6.07, 6.45) is 6.59. The van der Waals surface area contributed by atoms with Gasteiger partial charge in [0, 0.05) is 24.8 Å². The number of nitrogens with one attached hydrogen (secondary N) is 2. The zero-order valence-corrected chi connectivity index (χ0v) is 10.5. The van der Waals surface area contributed by atoms with E-state index in [4.69, 9.17) is 11.5 Å². The molecule has 1 heterocycles.